The molecule has 1 saturated heterocycles. The minimum atomic E-state index is -1.53. The number of nitrogens with zero attached hydrogens (tertiary/aromatic N) is 1. The number of carboxylic acids is 2. The van der Waals surface area contributed by atoms with Crippen molar-refractivity contribution in [2.24, 2.45) is 0 Å². The zero-order valence-electron chi connectivity index (χ0n) is 11.5. The monoisotopic (exact) mass is 353 g/mol. The maximum Gasteiger partial charge on any atom is 0.327 e. The van der Waals surface area contributed by atoms with Gasteiger partial charge in [-0.25, -0.2) is 4.79 Å². The van der Waals surface area contributed by atoms with Crippen LogP contribution in [0, 0.1) is 0 Å². The number of carboxylic acid groups (broad SMARTS) is 2. The molecule has 120 valence electrons. The van der Waals surface area contributed by atoms with Crippen molar-refractivity contribution in [1.29, 1.82) is 0 Å². The van der Waals surface area contributed by atoms with Gasteiger partial charge in [-0.1, -0.05) is 30.1 Å². The second-order valence-corrected chi connectivity index (χ2v) is 6.08. The van der Waals surface area contributed by atoms with Crippen LogP contribution in [0.2, 0.25) is 0 Å². The number of thioether (sulfide) groups is 1. The Balaban J connectivity index is 2.18. The lowest BCUT2D eigenvalue weighted by Gasteiger charge is -2.21. The van der Waals surface area contributed by atoms with Gasteiger partial charge >= 0.3 is 11.9 Å². The summed E-state index contributed by atoms with van der Waals surface area (Å²) in [4.78, 5) is 35.3. The zero-order chi connectivity index (χ0) is 17.0. The lowest BCUT2D eigenvalue weighted by molar-refractivity contribution is -0.150. The summed E-state index contributed by atoms with van der Waals surface area (Å²) >= 11 is 5.92. The lowest BCUT2D eigenvalue weighted by atomic mass is 10.2. The van der Waals surface area contributed by atoms with E-state index in [2.05, 4.69) is 0 Å². The minimum Gasteiger partial charge on any atom is -0.481 e. The first-order valence-corrected chi connectivity index (χ1v) is 7.54. The van der Waals surface area contributed by atoms with Crippen LogP contribution in [0.5, 0.6) is 0 Å². The first-order valence-electron chi connectivity index (χ1n) is 6.32. The van der Waals surface area contributed by atoms with Gasteiger partial charge in [0.05, 0.1) is 17.6 Å². The molecule has 1 atom stereocenters. The molecule has 1 amide bonds. The van der Waals surface area contributed by atoms with Crippen molar-refractivity contribution in [2.75, 3.05) is 0 Å². The summed E-state index contributed by atoms with van der Waals surface area (Å²) < 4.78 is 5.11. The third kappa shape index (κ3) is 4.08. The summed E-state index contributed by atoms with van der Waals surface area (Å²) in [5, 5.41) is 17.9. The molecule has 2 N–H and O–H groups in total. The number of rotatable bonds is 6. The van der Waals surface area contributed by atoms with E-state index in [0.29, 0.717) is 5.76 Å². The predicted octanol–water partition coefficient (Wildman–Crippen LogP) is 1.96. The molecule has 2 rings (SSSR count). The number of allylic oxidation sites excluding steroid dienone is 2. The Morgan fingerprint density at radius 1 is 1.43 bits per heavy atom. The summed E-state index contributed by atoms with van der Waals surface area (Å²) in [5.41, 5.74) is 0. The van der Waals surface area contributed by atoms with Crippen LogP contribution >= 0.6 is 24.0 Å². The Morgan fingerprint density at radius 3 is 2.74 bits per heavy atom. The standard InChI is InChI=1S/C14H11NO6S2/c16-11(17)7-9(13(19)20)15-12(18)10(23-14(15)22)5-1-3-8-4-2-6-21-8/h1-6,9H,7H2,(H,16,17)(H,19,20)/b3-1+,10-5+/t9-/m1/s1. The average Bonchev–Trinajstić information content (AvgIpc) is 3.06. The number of amides is 1. The van der Waals surface area contributed by atoms with Crippen LogP contribution in [-0.4, -0.2) is 43.3 Å². The smallest absolute Gasteiger partial charge is 0.327 e. The van der Waals surface area contributed by atoms with E-state index in [1.54, 1.807) is 24.3 Å². The molecule has 2 heterocycles. The molecule has 0 aliphatic carbocycles. The fraction of sp³-hybridized carbons (Fsp3) is 0.143. The van der Waals surface area contributed by atoms with Gasteiger partial charge in [0.25, 0.3) is 5.91 Å². The second-order valence-electron chi connectivity index (χ2n) is 4.40. The predicted molar refractivity (Wildman–Crippen MR) is 86.5 cm³/mol. The minimum absolute atomic E-state index is 0.0151. The van der Waals surface area contributed by atoms with Gasteiger partial charge in [0, 0.05) is 0 Å². The van der Waals surface area contributed by atoms with Gasteiger partial charge in [-0.3, -0.25) is 14.5 Å². The van der Waals surface area contributed by atoms with Crippen LogP contribution in [0.3, 0.4) is 0 Å². The fourth-order valence-electron chi connectivity index (χ4n) is 1.83. The van der Waals surface area contributed by atoms with E-state index in [9.17, 15) is 14.4 Å². The number of carbonyl (C=O) groups excluding carboxylic acids is 1. The third-order valence-corrected chi connectivity index (χ3v) is 4.19. The maximum absolute atomic E-state index is 12.3. The molecule has 0 radical (unpaired) electrons. The van der Waals surface area contributed by atoms with Crippen molar-refractivity contribution < 1.29 is 29.0 Å². The zero-order valence-corrected chi connectivity index (χ0v) is 13.2. The molecule has 0 aromatic carbocycles. The van der Waals surface area contributed by atoms with Crippen LogP contribution in [0.25, 0.3) is 6.08 Å². The Kier molecular flexibility index (Phi) is 5.35. The second kappa shape index (κ2) is 7.25. The van der Waals surface area contributed by atoms with Crippen molar-refractivity contribution in [3.63, 3.8) is 0 Å². The molecule has 23 heavy (non-hydrogen) atoms. The van der Waals surface area contributed by atoms with Crippen molar-refractivity contribution >= 4 is 52.2 Å². The highest BCUT2D eigenvalue weighted by Gasteiger charge is 2.41. The van der Waals surface area contributed by atoms with Gasteiger partial charge in [-0.15, -0.1) is 0 Å². The molecule has 1 aliphatic heterocycles. The van der Waals surface area contributed by atoms with Crippen LogP contribution in [0.15, 0.2) is 39.9 Å². The summed E-state index contributed by atoms with van der Waals surface area (Å²) in [6.45, 7) is 0. The van der Waals surface area contributed by atoms with Crippen LogP contribution in [0.1, 0.15) is 12.2 Å². The number of carbonyl (C=O) groups is 3. The Labute approximate surface area is 140 Å². The van der Waals surface area contributed by atoms with E-state index >= 15 is 0 Å². The highest BCUT2D eigenvalue weighted by molar-refractivity contribution is 8.26. The molecule has 1 fully saturated rings. The number of hydrogen-bond acceptors (Lipinski definition) is 6. The molecule has 1 aliphatic rings. The van der Waals surface area contributed by atoms with Gasteiger partial charge in [0.1, 0.15) is 16.1 Å². The van der Waals surface area contributed by atoms with Crippen LogP contribution < -0.4 is 0 Å². The summed E-state index contributed by atoms with van der Waals surface area (Å²) in [6.07, 6.45) is 5.44. The number of hydrogen-bond donors (Lipinski definition) is 2. The number of thiocarbonyl (C=S) groups is 1. The largest absolute Gasteiger partial charge is 0.481 e. The number of aliphatic carboxylic acids is 2. The summed E-state index contributed by atoms with van der Waals surface area (Å²) in [6, 6.07) is 1.91. The van der Waals surface area contributed by atoms with Gasteiger partial charge in [-0.2, -0.15) is 0 Å². The van der Waals surface area contributed by atoms with Crippen molar-refractivity contribution in [1.82, 2.24) is 4.90 Å². The molecule has 0 saturated carbocycles. The molecule has 0 unspecified atom stereocenters. The molecule has 7 nitrogen and oxygen atoms in total. The van der Waals surface area contributed by atoms with Crippen LogP contribution in [-0.2, 0) is 14.4 Å². The van der Waals surface area contributed by atoms with E-state index < -0.39 is 30.3 Å². The van der Waals surface area contributed by atoms with Crippen LogP contribution in [0.4, 0.5) is 0 Å². The third-order valence-electron chi connectivity index (χ3n) is 2.84. The molecule has 9 heteroatoms. The Morgan fingerprint density at radius 2 is 2.17 bits per heavy atom. The highest BCUT2D eigenvalue weighted by Crippen LogP contribution is 2.33. The van der Waals surface area contributed by atoms with Crippen molar-refractivity contribution in [2.45, 2.75) is 12.5 Å². The topological polar surface area (TPSA) is 108 Å². The first-order chi connectivity index (χ1) is 10.9. The fourth-order valence-corrected chi connectivity index (χ4v) is 3.14. The summed E-state index contributed by atoms with van der Waals surface area (Å²) in [7, 11) is 0. The van der Waals surface area contributed by atoms with Gasteiger partial charge in [0.2, 0.25) is 0 Å². The maximum atomic E-state index is 12.3. The lowest BCUT2D eigenvalue weighted by Crippen LogP contribution is -2.45. The van der Waals surface area contributed by atoms with Gasteiger partial charge in [0.15, 0.2) is 0 Å². The highest BCUT2D eigenvalue weighted by atomic mass is 32.2. The SMILES string of the molecule is O=C(O)C[C@H](C(=O)O)N1C(=O)/C(=C\C=C\c2ccco2)SC1=S. The average molecular weight is 353 g/mol. The van der Waals surface area contributed by atoms with E-state index in [1.165, 1.54) is 12.3 Å². The molecular formula is C14H11NO6S2. The van der Waals surface area contributed by atoms with E-state index in [0.717, 1.165) is 16.7 Å². The summed E-state index contributed by atoms with van der Waals surface area (Å²) in [5.74, 6) is -2.78. The molecular weight excluding hydrogens is 342 g/mol. The van der Waals surface area contributed by atoms with Crippen molar-refractivity contribution in [3.8, 4) is 0 Å². The number of furan rings is 1. The normalized spacial score (nSPS) is 18.1. The van der Waals surface area contributed by atoms with Crippen molar-refractivity contribution in [3.05, 3.63) is 41.2 Å². The quantitative estimate of drug-likeness (QED) is 0.590. The van der Waals surface area contributed by atoms with E-state index in [4.69, 9.17) is 26.8 Å². The Hall–Kier alpha value is -2.39. The Bertz CT molecular complexity index is 707. The first kappa shape index (κ1) is 17.0. The molecule has 0 spiro atoms. The van der Waals surface area contributed by atoms with E-state index in [-0.39, 0.29) is 9.23 Å². The molecule has 0 bridgehead atoms. The van der Waals surface area contributed by atoms with Gasteiger partial charge < -0.3 is 14.6 Å². The van der Waals surface area contributed by atoms with Gasteiger partial charge in [-0.05, 0) is 24.3 Å². The molecule has 1 aromatic rings. The molecule has 1 aromatic heterocycles. The van der Waals surface area contributed by atoms with E-state index in [1.807, 2.05) is 0 Å².